The standard InChI is InChI=1S/C92H58BN3/c1-6-25-59(26-7-1)65-49-53-84-80(55-65)93-81-56-66(68-51-52-79-77-44-21-36-64-35-20-43-76(88(64)77)78-46-24-45-75(68)89(78)79)50-54-85(81)96(92-71(62-31-12-4-13-32-62)41-23-42-72(92)63-33-14-5-15-34-63)87-58-67(94-82-47-18-16-37-73(82)74-38-17-19-48-83(74)94)57-86(90(87)93)95(84)91-69(60-27-8-2-9-28-60)39-22-40-70(91)61-29-10-3-11-30-61/h1-58H. The number of benzene rings is 17. The van der Waals surface area contributed by atoms with Gasteiger partial charge in [-0.15, -0.1) is 0 Å². The van der Waals surface area contributed by atoms with E-state index in [4.69, 9.17) is 0 Å². The van der Waals surface area contributed by atoms with Crippen molar-refractivity contribution in [2.24, 2.45) is 0 Å². The van der Waals surface area contributed by atoms with Crippen LogP contribution in [0.4, 0.5) is 34.1 Å². The summed E-state index contributed by atoms with van der Waals surface area (Å²) in [6.45, 7) is -0.263. The van der Waals surface area contributed by atoms with Gasteiger partial charge in [-0.25, -0.2) is 0 Å². The van der Waals surface area contributed by atoms with Crippen LogP contribution in [0.5, 0.6) is 0 Å². The average molecular weight is 1220 g/mol. The van der Waals surface area contributed by atoms with Crippen LogP contribution in [0.15, 0.2) is 352 Å². The van der Waals surface area contributed by atoms with Crippen molar-refractivity contribution in [2.45, 2.75) is 0 Å². The first-order valence-electron chi connectivity index (χ1n) is 33.3. The maximum Gasteiger partial charge on any atom is 0.252 e. The van der Waals surface area contributed by atoms with Gasteiger partial charge in [0.25, 0.3) is 6.71 Å². The van der Waals surface area contributed by atoms with Crippen molar-refractivity contribution in [1.29, 1.82) is 0 Å². The molecule has 0 spiro atoms. The second kappa shape index (κ2) is 21.5. The Morgan fingerprint density at radius 1 is 0.219 bits per heavy atom. The van der Waals surface area contributed by atoms with Gasteiger partial charge in [0.2, 0.25) is 0 Å². The number of aromatic nitrogens is 1. The number of para-hydroxylation sites is 4. The Morgan fingerprint density at radius 3 is 1.08 bits per heavy atom. The van der Waals surface area contributed by atoms with Gasteiger partial charge in [-0.2, -0.15) is 0 Å². The quantitative estimate of drug-likeness (QED) is 0.0811. The van der Waals surface area contributed by atoms with E-state index in [9.17, 15) is 0 Å². The first kappa shape index (κ1) is 54.1. The Kier molecular flexibility index (Phi) is 12.1. The molecule has 18 aromatic rings. The van der Waals surface area contributed by atoms with Crippen molar-refractivity contribution in [3.63, 3.8) is 0 Å². The highest BCUT2D eigenvalue weighted by molar-refractivity contribution is 7.00. The van der Waals surface area contributed by atoms with Gasteiger partial charge in [0.15, 0.2) is 0 Å². The number of hydrogen-bond acceptors (Lipinski definition) is 2. The summed E-state index contributed by atoms with van der Waals surface area (Å²) in [4.78, 5) is 5.34. The third kappa shape index (κ3) is 8.16. The van der Waals surface area contributed by atoms with Crippen LogP contribution in [0.3, 0.4) is 0 Å². The van der Waals surface area contributed by atoms with Crippen LogP contribution >= 0.6 is 0 Å². The predicted octanol–water partition coefficient (Wildman–Crippen LogP) is 22.9. The Balaban J connectivity index is 0.968. The monoisotopic (exact) mass is 1220 g/mol. The zero-order valence-electron chi connectivity index (χ0n) is 52.4. The fraction of sp³-hybridized carbons (Fsp3) is 0. The molecular formula is C92H58BN3. The summed E-state index contributed by atoms with van der Waals surface area (Å²) in [6.07, 6.45) is 0. The summed E-state index contributed by atoms with van der Waals surface area (Å²) in [7, 11) is 0. The van der Waals surface area contributed by atoms with Crippen LogP contribution in [-0.4, -0.2) is 11.3 Å². The molecule has 1 aromatic heterocycles. The molecule has 20 rings (SSSR count). The van der Waals surface area contributed by atoms with Gasteiger partial charge in [-0.3, -0.25) is 0 Å². The summed E-state index contributed by atoms with van der Waals surface area (Å²) in [5.41, 5.74) is 27.6. The van der Waals surface area contributed by atoms with Crippen molar-refractivity contribution < 1.29 is 0 Å². The van der Waals surface area contributed by atoms with Gasteiger partial charge < -0.3 is 14.4 Å². The number of fused-ring (bicyclic) bond motifs is 9. The van der Waals surface area contributed by atoms with Gasteiger partial charge >= 0.3 is 0 Å². The summed E-state index contributed by atoms with van der Waals surface area (Å²) in [5, 5.41) is 12.7. The third-order valence-corrected chi connectivity index (χ3v) is 20.7. The highest BCUT2D eigenvalue weighted by atomic mass is 15.2. The highest BCUT2D eigenvalue weighted by Gasteiger charge is 2.46. The molecule has 96 heavy (non-hydrogen) atoms. The Labute approximate surface area is 557 Å². The van der Waals surface area contributed by atoms with E-state index < -0.39 is 0 Å². The second-order valence-corrected chi connectivity index (χ2v) is 25.8. The summed E-state index contributed by atoms with van der Waals surface area (Å²) in [5.74, 6) is 0. The van der Waals surface area contributed by atoms with Crippen LogP contribution in [0.1, 0.15) is 0 Å². The molecule has 0 fully saturated rings. The molecule has 444 valence electrons. The molecule has 2 aliphatic rings. The van der Waals surface area contributed by atoms with Crippen LogP contribution in [0.2, 0.25) is 0 Å². The minimum absolute atomic E-state index is 0.263. The Hall–Kier alpha value is -12.5. The number of anilines is 6. The van der Waals surface area contributed by atoms with Crippen molar-refractivity contribution in [1.82, 2.24) is 4.57 Å². The number of rotatable bonds is 9. The molecular weight excluding hydrogens is 1160 g/mol. The largest absolute Gasteiger partial charge is 0.310 e. The lowest BCUT2D eigenvalue weighted by Gasteiger charge is -2.46. The predicted molar refractivity (Wildman–Crippen MR) is 409 cm³/mol. The number of nitrogens with zero attached hydrogens (tertiary/aromatic N) is 3. The molecule has 0 bridgehead atoms. The van der Waals surface area contributed by atoms with E-state index in [1.807, 2.05) is 0 Å². The van der Waals surface area contributed by atoms with E-state index in [0.29, 0.717) is 0 Å². The SMILES string of the molecule is c1ccc(-c2ccc3c(c2)B2c4cc(-c5ccc6c7cccc8cccc(c9cccc5c96)c87)ccc4N(c4c(-c5ccccc5)cccc4-c4ccccc4)c4cc(-n5c6ccccc6c6ccccc65)cc(c42)N3c2c(-c3ccccc3)cccc2-c2ccccc2)cc1. The molecule has 4 heteroatoms. The number of hydrogen-bond donors (Lipinski definition) is 0. The van der Waals surface area contributed by atoms with Crippen molar-refractivity contribution in [3.8, 4) is 72.4 Å². The van der Waals surface area contributed by atoms with Gasteiger partial charge in [0, 0.05) is 55.8 Å². The van der Waals surface area contributed by atoms with Gasteiger partial charge in [-0.05, 0) is 140 Å². The lowest BCUT2D eigenvalue weighted by atomic mass is 9.33. The van der Waals surface area contributed by atoms with Crippen LogP contribution < -0.4 is 26.2 Å². The van der Waals surface area contributed by atoms with E-state index in [0.717, 1.165) is 95.4 Å². The third-order valence-electron chi connectivity index (χ3n) is 20.7. The molecule has 0 radical (unpaired) electrons. The van der Waals surface area contributed by atoms with E-state index in [2.05, 4.69) is 366 Å². The van der Waals surface area contributed by atoms with Crippen LogP contribution in [0.25, 0.3) is 137 Å². The molecule has 3 nitrogen and oxygen atoms in total. The maximum absolute atomic E-state index is 2.68. The normalized spacial score (nSPS) is 12.5. The Morgan fingerprint density at radius 2 is 0.594 bits per heavy atom. The van der Waals surface area contributed by atoms with E-state index in [-0.39, 0.29) is 6.71 Å². The van der Waals surface area contributed by atoms with Gasteiger partial charge in [0.05, 0.1) is 28.1 Å². The molecule has 0 saturated heterocycles. The first-order chi connectivity index (χ1) is 47.7. The Bertz CT molecular complexity index is 5900. The minimum Gasteiger partial charge on any atom is -0.310 e. The fourth-order valence-corrected chi connectivity index (χ4v) is 16.6. The molecule has 17 aromatic carbocycles. The first-order valence-corrected chi connectivity index (χ1v) is 33.3. The molecule has 0 saturated carbocycles. The molecule has 0 aliphatic carbocycles. The topological polar surface area (TPSA) is 11.4 Å². The van der Waals surface area contributed by atoms with Crippen molar-refractivity contribution in [2.75, 3.05) is 9.80 Å². The summed E-state index contributed by atoms with van der Waals surface area (Å²) in [6, 6.07) is 132. The van der Waals surface area contributed by atoms with Crippen LogP contribution in [-0.2, 0) is 0 Å². The van der Waals surface area contributed by atoms with Crippen LogP contribution in [0, 0.1) is 0 Å². The molecule has 0 atom stereocenters. The smallest absolute Gasteiger partial charge is 0.252 e. The summed E-state index contributed by atoms with van der Waals surface area (Å²) >= 11 is 0. The lowest BCUT2D eigenvalue weighted by Crippen LogP contribution is -2.61. The second-order valence-electron chi connectivity index (χ2n) is 25.8. The van der Waals surface area contributed by atoms with E-state index in [1.54, 1.807) is 0 Å². The summed E-state index contributed by atoms with van der Waals surface area (Å²) < 4.78 is 2.53. The lowest BCUT2D eigenvalue weighted by molar-refractivity contribution is 1.16. The maximum atomic E-state index is 2.68. The molecule has 0 N–H and O–H groups in total. The zero-order valence-corrected chi connectivity index (χ0v) is 52.4. The molecule has 0 amide bonds. The zero-order chi connectivity index (χ0) is 63.0. The molecule has 0 unspecified atom stereocenters. The van der Waals surface area contributed by atoms with Crippen molar-refractivity contribution in [3.05, 3.63) is 352 Å². The van der Waals surface area contributed by atoms with Crippen molar-refractivity contribution >= 4 is 122 Å². The van der Waals surface area contributed by atoms with E-state index >= 15 is 0 Å². The minimum atomic E-state index is -0.263. The molecule has 2 aliphatic heterocycles. The highest BCUT2D eigenvalue weighted by Crippen LogP contribution is 2.55. The van der Waals surface area contributed by atoms with E-state index in [1.165, 1.54) is 92.5 Å². The average Bonchev–Trinajstić information content (AvgIpc) is 0.779. The van der Waals surface area contributed by atoms with Gasteiger partial charge in [0.1, 0.15) is 0 Å². The fourth-order valence-electron chi connectivity index (χ4n) is 16.6. The van der Waals surface area contributed by atoms with Gasteiger partial charge in [-0.1, -0.05) is 315 Å². The molecule has 3 heterocycles.